The van der Waals surface area contributed by atoms with Crippen LogP contribution in [0.3, 0.4) is 0 Å². The van der Waals surface area contributed by atoms with E-state index in [0.717, 1.165) is 19.3 Å². The van der Waals surface area contributed by atoms with Crippen LogP contribution in [0.25, 0.3) is 0 Å². The molecule has 0 aromatic heterocycles. The van der Waals surface area contributed by atoms with Crippen LogP contribution in [0.1, 0.15) is 52.9 Å². The number of carbonyl (C=O) groups excluding carboxylic acids is 2. The Labute approximate surface area is 138 Å². The normalized spacial score (nSPS) is 20.7. The van der Waals surface area contributed by atoms with Crippen molar-refractivity contribution in [1.29, 1.82) is 0 Å². The lowest BCUT2D eigenvalue weighted by Gasteiger charge is -2.40. The molecule has 0 bridgehead atoms. The van der Waals surface area contributed by atoms with Crippen molar-refractivity contribution in [3.8, 4) is 0 Å². The van der Waals surface area contributed by atoms with E-state index in [1.807, 2.05) is 0 Å². The van der Waals surface area contributed by atoms with Gasteiger partial charge in [-0.1, -0.05) is 19.8 Å². The van der Waals surface area contributed by atoms with Gasteiger partial charge in [-0.2, -0.15) is 0 Å². The molecule has 2 heterocycles. The molecule has 1 spiro atoms. The molecule has 23 heavy (non-hydrogen) atoms. The fourth-order valence-corrected chi connectivity index (χ4v) is 3.13. The van der Waals surface area contributed by atoms with E-state index in [1.165, 1.54) is 0 Å². The number of unbranched alkanes of at least 4 members (excludes halogenated alkanes) is 2. The summed E-state index contributed by atoms with van der Waals surface area (Å²) >= 11 is 0. The molecule has 0 atom stereocenters. The molecule has 0 saturated carbocycles. The number of hydrogen-bond donors (Lipinski definition) is 1. The van der Waals surface area contributed by atoms with Crippen LogP contribution in [0.15, 0.2) is 0 Å². The highest BCUT2D eigenvalue weighted by Gasteiger charge is 2.45. The van der Waals surface area contributed by atoms with E-state index < -0.39 is 11.2 Å². The largest absolute Gasteiger partial charge is 0.355 e. The number of hydrogen-bond acceptors (Lipinski definition) is 4. The third-order valence-corrected chi connectivity index (χ3v) is 4.79. The molecule has 6 nitrogen and oxygen atoms in total. The predicted octanol–water partition coefficient (Wildman–Crippen LogP) is 1.68. The van der Waals surface area contributed by atoms with Crippen molar-refractivity contribution < 1.29 is 19.1 Å². The molecule has 0 unspecified atom stereocenters. The minimum Gasteiger partial charge on any atom is -0.355 e. The summed E-state index contributed by atoms with van der Waals surface area (Å²) < 4.78 is 11.4. The van der Waals surface area contributed by atoms with Gasteiger partial charge in [0.25, 0.3) is 0 Å². The quantitative estimate of drug-likeness (QED) is 0.596. The van der Waals surface area contributed by atoms with Crippen LogP contribution in [0, 0.1) is 5.41 Å². The first-order valence-corrected chi connectivity index (χ1v) is 8.77. The topological polar surface area (TPSA) is 67.9 Å². The molecule has 2 rings (SSSR count). The van der Waals surface area contributed by atoms with E-state index >= 15 is 0 Å². The number of rotatable bonds is 6. The van der Waals surface area contributed by atoms with Gasteiger partial charge in [-0.15, -0.1) is 0 Å². The fraction of sp³-hybridized carbons (Fsp3) is 0.882. The summed E-state index contributed by atoms with van der Waals surface area (Å²) in [5, 5.41) is 2.89. The smallest absolute Gasteiger partial charge is 0.237 e. The number of nitrogens with zero attached hydrogens (tertiary/aromatic N) is 1. The lowest BCUT2D eigenvalue weighted by atomic mass is 9.89. The van der Waals surface area contributed by atoms with Crippen LogP contribution in [0.2, 0.25) is 0 Å². The van der Waals surface area contributed by atoms with Gasteiger partial charge in [-0.05, 0) is 20.3 Å². The summed E-state index contributed by atoms with van der Waals surface area (Å²) in [4.78, 5) is 26.9. The summed E-state index contributed by atoms with van der Waals surface area (Å²) in [5.74, 6) is -0.797. The number of likely N-dealkylation sites (tertiary alicyclic amines) is 1. The number of ether oxygens (including phenoxy) is 2. The van der Waals surface area contributed by atoms with E-state index in [1.54, 1.807) is 18.7 Å². The van der Waals surface area contributed by atoms with Crippen molar-refractivity contribution in [1.82, 2.24) is 10.2 Å². The molecule has 2 saturated heterocycles. The number of piperidine rings is 1. The SMILES string of the molecule is CCCCCNC(=O)C(C)(C)C(=O)N1CCC2(CC1)OCCO2. The van der Waals surface area contributed by atoms with Gasteiger partial charge in [0.1, 0.15) is 5.41 Å². The van der Waals surface area contributed by atoms with Crippen molar-refractivity contribution in [2.45, 2.75) is 58.7 Å². The summed E-state index contributed by atoms with van der Waals surface area (Å²) in [5.41, 5.74) is -1.03. The van der Waals surface area contributed by atoms with Gasteiger partial charge in [0.2, 0.25) is 11.8 Å². The first kappa shape index (κ1) is 18.2. The van der Waals surface area contributed by atoms with E-state index in [9.17, 15) is 9.59 Å². The Balaban J connectivity index is 1.84. The minimum atomic E-state index is -1.03. The fourth-order valence-electron chi connectivity index (χ4n) is 3.13. The lowest BCUT2D eigenvalue weighted by molar-refractivity contribution is -0.189. The lowest BCUT2D eigenvalue weighted by Crippen LogP contribution is -2.54. The highest BCUT2D eigenvalue weighted by atomic mass is 16.7. The van der Waals surface area contributed by atoms with Crippen molar-refractivity contribution in [3.63, 3.8) is 0 Å². The van der Waals surface area contributed by atoms with Gasteiger partial charge >= 0.3 is 0 Å². The predicted molar refractivity (Wildman–Crippen MR) is 86.8 cm³/mol. The molecule has 2 fully saturated rings. The Kier molecular flexibility index (Phi) is 6.03. The average Bonchev–Trinajstić information content (AvgIpc) is 2.99. The zero-order chi connectivity index (χ0) is 16.9. The van der Waals surface area contributed by atoms with Crippen LogP contribution in [0.5, 0.6) is 0 Å². The summed E-state index contributed by atoms with van der Waals surface area (Å²) in [6.07, 6.45) is 4.49. The van der Waals surface area contributed by atoms with Crippen LogP contribution in [-0.2, 0) is 19.1 Å². The van der Waals surface area contributed by atoms with Crippen LogP contribution in [0.4, 0.5) is 0 Å². The first-order chi connectivity index (χ1) is 10.9. The van der Waals surface area contributed by atoms with Crippen LogP contribution >= 0.6 is 0 Å². The minimum absolute atomic E-state index is 0.113. The maximum Gasteiger partial charge on any atom is 0.237 e. The highest BCUT2D eigenvalue weighted by Crippen LogP contribution is 2.33. The van der Waals surface area contributed by atoms with Gasteiger partial charge < -0.3 is 19.7 Å². The molecule has 0 radical (unpaired) electrons. The van der Waals surface area contributed by atoms with Gasteiger partial charge in [0, 0.05) is 32.5 Å². The third kappa shape index (κ3) is 4.23. The monoisotopic (exact) mass is 326 g/mol. The van der Waals surface area contributed by atoms with E-state index in [4.69, 9.17) is 9.47 Å². The number of nitrogens with one attached hydrogen (secondary N) is 1. The molecule has 2 aliphatic rings. The molecule has 0 aromatic carbocycles. The summed E-state index contributed by atoms with van der Waals surface area (Å²) in [6.45, 7) is 8.56. The highest BCUT2D eigenvalue weighted by molar-refractivity contribution is 6.04. The Bertz CT molecular complexity index is 420. The van der Waals surface area contributed by atoms with Crippen molar-refractivity contribution in [2.24, 2.45) is 5.41 Å². The molecule has 132 valence electrons. The Hall–Kier alpha value is -1.14. The molecule has 0 aliphatic carbocycles. The zero-order valence-corrected chi connectivity index (χ0v) is 14.7. The van der Waals surface area contributed by atoms with Gasteiger partial charge in [0.05, 0.1) is 13.2 Å². The summed E-state index contributed by atoms with van der Waals surface area (Å²) in [7, 11) is 0. The van der Waals surface area contributed by atoms with Gasteiger partial charge in [0.15, 0.2) is 5.79 Å². The molecule has 2 aliphatic heterocycles. The number of amides is 2. The molecule has 0 aromatic rings. The first-order valence-electron chi connectivity index (χ1n) is 8.77. The molecule has 1 N–H and O–H groups in total. The van der Waals surface area contributed by atoms with Crippen LogP contribution in [-0.4, -0.2) is 55.3 Å². The Morgan fingerprint density at radius 1 is 1.13 bits per heavy atom. The van der Waals surface area contributed by atoms with E-state index in [2.05, 4.69) is 12.2 Å². The van der Waals surface area contributed by atoms with E-state index in [-0.39, 0.29) is 11.8 Å². The second-order valence-electron chi connectivity index (χ2n) is 6.99. The second kappa shape index (κ2) is 7.62. The van der Waals surface area contributed by atoms with Gasteiger partial charge in [-0.3, -0.25) is 9.59 Å². The standard InChI is InChI=1S/C17H30N2O4/c1-4-5-6-9-18-14(20)16(2,3)15(21)19-10-7-17(8-11-19)22-12-13-23-17/h4-13H2,1-3H3,(H,18,20). The Morgan fingerprint density at radius 2 is 1.74 bits per heavy atom. The maximum absolute atomic E-state index is 12.7. The molecule has 6 heteroatoms. The second-order valence-corrected chi connectivity index (χ2v) is 6.99. The average molecular weight is 326 g/mol. The molecular weight excluding hydrogens is 296 g/mol. The Morgan fingerprint density at radius 3 is 2.30 bits per heavy atom. The van der Waals surface area contributed by atoms with E-state index in [0.29, 0.717) is 45.7 Å². The summed E-state index contributed by atoms with van der Waals surface area (Å²) in [6, 6.07) is 0. The van der Waals surface area contributed by atoms with Crippen molar-refractivity contribution in [3.05, 3.63) is 0 Å². The molecular formula is C17H30N2O4. The zero-order valence-electron chi connectivity index (χ0n) is 14.7. The third-order valence-electron chi connectivity index (χ3n) is 4.79. The van der Waals surface area contributed by atoms with Crippen LogP contribution < -0.4 is 5.32 Å². The number of carbonyl (C=O) groups is 2. The maximum atomic E-state index is 12.7. The van der Waals surface area contributed by atoms with Gasteiger partial charge in [-0.25, -0.2) is 0 Å². The molecule has 2 amide bonds. The van der Waals surface area contributed by atoms with Crippen molar-refractivity contribution in [2.75, 3.05) is 32.8 Å². The van der Waals surface area contributed by atoms with Crippen molar-refractivity contribution >= 4 is 11.8 Å².